The lowest BCUT2D eigenvalue weighted by Crippen LogP contribution is -1.91. The van der Waals surface area contributed by atoms with Crippen LogP contribution in [0.15, 0.2) is 84.0 Å². The van der Waals surface area contributed by atoms with Gasteiger partial charge in [-0.15, -0.1) is 0 Å². The van der Waals surface area contributed by atoms with Gasteiger partial charge in [-0.3, -0.25) is 10.1 Å². The fourth-order valence-electron chi connectivity index (χ4n) is 2.28. The van der Waals surface area contributed by atoms with Gasteiger partial charge in [-0.2, -0.15) is 0 Å². The first-order valence-electron chi connectivity index (χ1n) is 7.23. The number of para-hydroxylation sites is 1. The highest BCUT2D eigenvalue weighted by Crippen LogP contribution is 2.32. The topological polar surface area (TPSA) is 81.6 Å². The lowest BCUT2D eigenvalue weighted by Gasteiger charge is -2.05. The second kappa shape index (κ2) is 6.70. The van der Waals surface area contributed by atoms with E-state index in [0.717, 1.165) is 11.1 Å². The maximum absolute atomic E-state index is 12.2. The predicted octanol–water partition coefficient (Wildman–Crippen LogP) is 5.19. The van der Waals surface area contributed by atoms with Crippen molar-refractivity contribution in [2.75, 3.05) is 0 Å². The lowest BCUT2D eigenvalue weighted by molar-refractivity contribution is -0.435. The van der Waals surface area contributed by atoms with Crippen LogP contribution in [0, 0.1) is 15.3 Å². The number of nitro groups is 1. The first-order valence-corrected chi connectivity index (χ1v) is 7.23. The number of non-ortho nitro benzene ring substituents is 1. The van der Waals surface area contributed by atoms with Gasteiger partial charge in [0.2, 0.25) is 5.69 Å². The van der Waals surface area contributed by atoms with E-state index in [-0.39, 0.29) is 5.69 Å². The number of nitrogens with zero attached hydrogens (tertiary/aromatic N) is 3. The number of rotatable bonds is 4. The molecule has 0 fully saturated rings. The van der Waals surface area contributed by atoms with Gasteiger partial charge < -0.3 is 5.21 Å². The van der Waals surface area contributed by atoms with Gasteiger partial charge in [0.15, 0.2) is 0 Å². The molecule has 3 aromatic carbocycles. The zero-order valence-corrected chi connectivity index (χ0v) is 12.6. The molecule has 24 heavy (non-hydrogen) atoms. The summed E-state index contributed by atoms with van der Waals surface area (Å²) in [5, 5.41) is 27.1. The monoisotopic (exact) mass is 319 g/mol. The molecule has 0 amide bonds. The predicted molar refractivity (Wildman–Crippen MR) is 90.3 cm³/mol. The molecular formula is C18H13N3O3. The van der Waals surface area contributed by atoms with Crippen LogP contribution < -0.4 is 0 Å². The third kappa shape index (κ3) is 3.27. The van der Waals surface area contributed by atoms with Gasteiger partial charge in [0, 0.05) is 34.9 Å². The smallest absolute Gasteiger partial charge is 0.269 e. The molecule has 118 valence electrons. The average molecular weight is 319 g/mol. The van der Waals surface area contributed by atoms with Gasteiger partial charge in [0.25, 0.3) is 5.69 Å². The fourth-order valence-corrected chi connectivity index (χ4v) is 2.28. The Hall–Kier alpha value is -3.54. The van der Waals surface area contributed by atoms with E-state index >= 15 is 0 Å². The van der Waals surface area contributed by atoms with Crippen molar-refractivity contribution in [2.24, 2.45) is 5.11 Å². The van der Waals surface area contributed by atoms with E-state index in [9.17, 15) is 15.3 Å². The molecule has 0 aliphatic heterocycles. The normalized spacial score (nSPS) is 11.2. The maximum Gasteiger partial charge on any atom is 0.269 e. The fraction of sp³-hybridized carbons (Fsp3) is 0. The summed E-state index contributed by atoms with van der Waals surface area (Å²) in [5.74, 6) is 0. The number of azo groups is 1. The highest BCUT2D eigenvalue weighted by Gasteiger charge is 2.11. The van der Waals surface area contributed by atoms with Crippen LogP contribution in [0.25, 0.3) is 11.1 Å². The Labute approximate surface area is 138 Å². The molecule has 0 spiro atoms. The highest BCUT2D eigenvalue weighted by molar-refractivity contribution is 5.75. The zero-order valence-electron chi connectivity index (χ0n) is 12.6. The van der Waals surface area contributed by atoms with Gasteiger partial charge in [0.05, 0.1) is 4.92 Å². The molecule has 0 atom stereocenters. The quantitative estimate of drug-likeness (QED) is 0.287. The Morgan fingerprint density at radius 1 is 0.708 bits per heavy atom. The van der Waals surface area contributed by atoms with Crippen molar-refractivity contribution >= 4 is 17.1 Å². The van der Waals surface area contributed by atoms with Crippen molar-refractivity contribution in [2.45, 2.75) is 0 Å². The van der Waals surface area contributed by atoms with Crippen molar-refractivity contribution in [1.29, 1.82) is 0 Å². The van der Waals surface area contributed by atoms with Crippen molar-refractivity contribution in [3.8, 4) is 11.1 Å². The molecule has 0 aliphatic carbocycles. The Morgan fingerprint density at radius 2 is 1.33 bits per heavy atom. The molecule has 6 nitrogen and oxygen atoms in total. The maximum atomic E-state index is 12.2. The van der Waals surface area contributed by atoms with E-state index in [4.69, 9.17) is 0 Å². The molecule has 0 radical (unpaired) electrons. The summed E-state index contributed by atoms with van der Waals surface area (Å²) in [6, 6.07) is 22.0. The van der Waals surface area contributed by atoms with Gasteiger partial charge in [-0.1, -0.05) is 41.3 Å². The van der Waals surface area contributed by atoms with Crippen LogP contribution in [-0.4, -0.2) is 9.78 Å². The molecule has 3 aromatic rings. The molecule has 0 saturated carbocycles. The minimum Gasteiger partial charge on any atom is -0.594 e. The summed E-state index contributed by atoms with van der Waals surface area (Å²) < 4.78 is 0. The van der Waals surface area contributed by atoms with E-state index in [0.29, 0.717) is 16.2 Å². The van der Waals surface area contributed by atoms with Gasteiger partial charge in [-0.25, -0.2) is 0 Å². The second-order valence-corrected chi connectivity index (χ2v) is 5.03. The first kappa shape index (κ1) is 15.4. The summed E-state index contributed by atoms with van der Waals surface area (Å²) >= 11 is 0. The van der Waals surface area contributed by atoms with E-state index in [1.54, 1.807) is 48.5 Å². The van der Waals surface area contributed by atoms with Crippen LogP contribution in [0.5, 0.6) is 0 Å². The van der Waals surface area contributed by atoms with Crippen LogP contribution in [-0.2, 0) is 0 Å². The van der Waals surface area contributed by atoms with Crippen molar-refractivity contribution < 1.29 is 9.78 Å². The van der Waals surface area contributed by atoms with Gasteiger partial charge >= 0.3 is 0 Å². The molecule has 0 aromatic heterocycles. The van der Waals surface area contributed by atoms with E-state index in [2.05, 4.69) is 5.11 Å². The van der Waals surface area contributed by atoms with Crippen LogP contribution in [0.1, 0.15) is 0 Å². The summed E-state index contributed by atoms with van der Waals surface area (Å²) in [7, 11) is 0. The summed E-state index contributed by atoms with van der Waals surface area (Å²) in [6.07, 6.45) is 0. The molecule has 3 rings (SSSR count). The zero-order chi connectivity index (χ0) is 16.9. The molecule has 0 aliphatic rings. The molecule has 0 saturated heterocycles. The standard InChI is InChI=1S/C18H13N3O3/c22-20(15-6-2-1-3-7-15)19-18-9-5-4-8-17(18)14-10-12-16(13-11-14)21(23)24/h1-13H. The van der Waals surface area contributed by atoms with Gasteiger partial charge in [0.1, 0.15) is 5.69 Å². The Morgan fingerprint density at radius 3 is 2.00 bits per heavy atom. The molecular weight excluding hydrogens is 306 g/mol. The number of hydrogen-bond donors (Lipinski definition) is 0. The third-order valence-electron chi connectivity index (χ3n) is 3.47. The molecule has 0 unspecified atom stereocenters. The van der Waals surface area contributed by atoms with E-state index in [1.807, 2.05) is 18.2 Å². The number of benzene rings is 3. The largest absolute Gasteiger partial charge is 0.594 e. The lowest BCUT2D eigenvalue weighted by atomic mass is 10.0. The van der Waals surface area contributed by atoms with E-state index in [1.165, 1.54) is 12.1 Å². The Balaban J connectivity index is 2.01. The van der Waals surface area contributed by atoms with Crippen LogP contribution in [0.2, 0.25) is 0 Å². The Kier molecular flexibility index (Phi) is 4.29. The van der Waals surface area contributed by atoms with Crippen molar-refractivity contribution in [1.82, 2.24) is 0 Å². The van der Waals surface area contributed by atoms with Crippen LogP contribution >= 0.6 is 0 Å². The molecule has 0 heterocycles. The summed E-state index contributed by atoms with van der Waals surface area (Å²) in [6.45, 7) is 0. The van der Waals surface area contributed by atoms with E-state index < -0.39 is 4.92 Å². The molecule has 0 bridgehead atoms. The van der Waals surface area contributed by atoms with Crippen molar-refractivity contribution in [3.05, 3.63) is 94.2 Å². The number of hydrogen-bond acceptors (Lipinski definition) is 4. The van der Waals surface area contributed by atoms with Crippen molar-refractivity contribution in [3.63, 3.8) is 0 Å². The van der Waals surface area contributed by atoms with Crippen LogP contribution in [0.4, 0.5) is 17.1 Å². The summed E-state index contributed by atoms with van der Waals surface area (Å²) in [4.78, 5) is 10.9. The average Bonchev–Trinajstić information content (AvgIpc) is 2.63. The third-order valence-corrected chi connectivity index (χ3v) is 3.47. The summed E-state index contributed by atoms with van der Waals surface area (Å²) in [5.41, 5.74) is 2.41. The minimum absolute atomic E-state index is 0.0166. The van der Waals surface area contributed by atoms with Crippen LogP contribution in [0.3, 0.4) is 0 Å². The first-order chi connectivity index (χ1) is 11.6. The molecule has 6 heteroatoms. The second-order valence-electron chi connectivity index (χ2n) is 5.03. The van der Waals surface area contributed by atoms with Gasteiger partial charge in [-0.05, 0) is 23.8 Å². The highest BCUT2D eigenvalue weighted by atomic mass is 16.6. The SMILES string of the molecule is O=[N+]([O-])c1ccc(-c2ccccc2N=[N+]([O-])c2ccccc2)cc1. The number of nitro benzene ring substituents is 1. The molecule has 0 N–H and O–H groups in total. The Bertz CT molecular complexity index is 891. The minimum atomic E-state index is -0.450.